The van der Waals surface area contributed by atoms with Crippen molar-refractivity contribution in [3.8, 4) is 0 Å². The maximum Gasteiger partial charge on any atom is 0.244 e. The highest BCUT2D eigenvalue weighted by atomic mass is 35.5. The molecule has 34 heavy (non-hydrogen) atoms. The summed E-state index contributed by atoms with van der Waals surface area (Å²) in [4.78, 5) is 27.5. The van der Waals surface area contributed by atoms with Gasteiger partial charge in [0, 0.05) is 28.2 Å². The molecule has 0 aliphatic rings. The SMILES string of the molecule is CCCNC(=O)C(C)N(Cc1ccc(Cl)cc1Cl)C(=O)CN(c1cc(Cl)ccc1C)S(C)(=O)=O. The van der Waals surface area contributed by atoms with Crippen LogP contribution in [0.5, 0.6) is 0 Å². The molecule has 186 valence electrons. The van der Waals surface area contributed by atoms with Crippen LogP contribution in [0.4, 0.5) is 5.69 Å². The summed E-state index contributed by atoms with van der Waals surface area (Å²) in [5, 5.41) is 3.87. The molecule has 0 fully saturated rings. The normalized spacial score (nSPS) is 12.2. The monoisotopic (exact) mass is 547 g/mol. The van der Waals surface area contributed by atoms with E-state index < -0.39 is 28.5 Å². The second-order valence-corrected chi connectivity index (χ2v) is 11.1. The summed E-state index contributed by atoms with van der Waals surface area (Å²) >= 11 is 18.4. The van der Waals surface area contributed by atoms with Gasteiger partial charge in [0.15, 0.2) is 0 Å². The number of sulfonamides is 1. The topological polar surface area (TPSA) is 86.8 Å². The molecule has 7 nitrogen and oxygen atoms in total. The second kappa shape index (κ2) is 12.1. The summed E-state index contributed by atoms with van der Waals surface area (Å²) in [5.41, 5.74) is 1.49. The number of nitrogens with zero attached hydrogens (tertiary/aromatic N) is 2. The number of nitrogens with one attached hydrogen (secondary N) is 1. The van der Waals surface area contributed by atoms with Gasteiger partial charge in [-0.3, -0.25) is 13.9 Å². The first-order valence-corrected chi connectivity index (χ1v) is 13.6. The van der Waals surface area contributed by atoms with Crippen LogP contribution in [0.15, 0.2) is 36.4 Å². The molecule has 2 aromatic rings. The number of carbonyl (C=O) groups excluding carboxylic acids is 2. The quantitative estimate of drug-likeness (QED) is 0.468. The predicted molar refractivity (Wildman–Crippen MR) is 138 cm³/mol. The number of hydrogen-bond acceptors (Lipinski definition) is 4. The summed E-state index contributed by atoms with van der Waals surface area (Å²) in [7, 11) is -3.85. The maximum absolute atomic E-state index is 13.5. The number of aryl methyl sites for hydroxylation is 1. The van der Waals surface area contributed by atoms with E-state index in [1.807, 2.05) is 6.92 Å². The number of halogens is 3. The van der Waals surface area contributed by atoms with Gasteiger partial charge >= 0.3 is 0 Å². The molecule has 0 saturated carbocycles. The van der Waals surface area contributed by atoms with Crippen molar-refractivity contribution >= 4 is 62.3 Å². The molecule has 0 saturated heterocycles. The van der Waals surface area contributed by atoms with E-state index in [0.717, 1.165) is 17.0 Å². The molecule has 11 heteroatoms. The third-order valence-electron chi connectivity index (χ3n) is 5.19. The maximum atomic E-state index is 13.5. The van der Waals surface area contributed by atoms with Crippen molar-refractivity contribution in [3.63, 3.8) is 0 Å². The lowest BCUT2D eigenvalue weighted by Gasteiger charge is -2.32. The number of carbonyl (C=O) groups is 2. The van der Waals surface area contributed by atoms with Gasteiger partial charge in [-0.1, -0.05) is 53.9 Å². The Kier molecular flexibility index (Phi) is 10.1. The molecule has 0 radical (unpaired) electrons. The van der Waals surface area contributed by atoms with Gasteiger partial charge in [0.05, 0.1) is 11.9 Å². The van der Waals surface area contributed by atoms with E-state index in [9.17, 15) is 18.0 Å². The smallest absolute Gasteiger partial charge is 0.244 e. The van der Waals surface area contributed by atoms with Crippen LogP contribution in [-0.4, -0.2) is 50.5 Å². The summed E-state index contributed by atoms with van der Waals surface area (Å²) in [6.07, 6.45) is 1.74. The number of anilines is 1. The van der Waals surface area contributed by atoms with E-state index in [2.05, 4.69) is 5.32 Å². The first kappa shape index (κ1) is 28.2. The largest absolute Gasteiger partial charge is 0.354 e. The highest BCUT2D eigenvalue weighted by Gasteiger charge is 2.31. The summed E-state index contributed by atoms with van der Waals surface area (Å²) in [6, 6.07) is 8.75. The van der Waals surface area contributed by atoms with Crippen LogP contribution >= 0.6 is 34.8 Å². The van der Waals surface area contributed by atoms with Crippen LogP contribution in [0.2, 0.25) is 15.1 Å². The van der Waals surface area contributed by atoms with Gasteiger partial charge < -0.3 is 10.2 Å². The van der Waals surface area contributed by atoms with Crippen LogP contribution in [-0.2, 0) is 26.2 Å². The van der Waals surface area contributed by atoms with Gasteiger partial charge in [-0.2, -0.15) is 0 Å². The molecule has 0 heterocycles. The fourth-order valence-corrected chi connectivity index (χ4v) is 4.79. The van der Waals surface area contributed by atoms with Gasteiger partial charge in [-0.15, -0.1) is 0 Å². The lowest BCUT2D eigenvalue weighted by atomic mass is 10.1. The van der Waals surface area contributed by atoms with Crippen LogP contribution < -0.4 is 9.62 Å². The van der Waals surface area contributed by atoms with Gasteiger partial charge in [0.25, 0.3) is 0 Å². The Bertz CT molecular complexity index is 1160. The Labute approximate surface area is 216 Å². The highest BCUT2D eigenvalue weighted by molar-refractivity contribution is 7.92. The molecule has 0 spiro atoms. The first-order valence-electron chi connectivity index (χ1n) is 10.6. The Morgan fingerprint density at radius 2 is 1.68 bits per heavy atom. The van der Waals surface area contributed by atoms with E-state index in [1.54, 1.807) is 44.2 Å². The van der Waals surface area contributed by atoms with Crippen molar-refractivity contribution in [3.05, 3.63) is 62.6 Å². The lowest BCUT2D eigenvalue weighted by molar-refractivity contribution is -0.139. The molecule has 0 aromatic heterocycles. The molecule has 2 amide bonds. The summed E-state index contributed by atoms with van der Waals surface area (Å²) < 4.78 is 26.3. The molecule has 0 bridgehead atoms. The van der Waals surface area contributed by atoms with Crippen LogP contribution in [0.3, 0.4) is 0 Å². The first-order chi connectivity index (χ1) is 15.8. The van der Waals surface area contributed by atoms with Crippen LogP contribution in [0.25, 0.3) is 0 Å². The molecule has 2 rings (SSSR count). The van der Waals surface area contributed by atoms with Crippen molar-refractivity contribution in [2.75, 3.05) is 23.7 Å². The molecule has 1 atom stereocenters. The van der Waals surface area contributed by atoms with E-state index in [0.29, 0.717) is 32.7 Å². The molecular weight excluding hydrogens is 521 g/mol. The van der Waals surface area contributed by atoms with Crippen molar-refractivity contribution < 1.29 is 18.0 Å². The van der Waals surface area contributed by atoms with Gasteiger partial charge in [-0.05, 0) is 55.7 Å². The lowest BCUT2D eigenvalue weighted by Crippen LogP contribution is -2.51. The average molecular weight is 549 g/mol. The van der Waals surface area contributed by atoms with Crippen molar-refractivity contribution in [2.45, 2.75) is 39.8 Å². The van der Waals surface area contributed by atoms with Gasteiger partial charge in [0.2, 0.25) is 21.8 Å². The van der Waals surface area contributed by atoms with Gasteiger partial charge in [-0.25, -0.2) is 8.42 Å². The zero-order chi connectivity index (χ0) is 25.6. The minimum atomic E-state index is -3.85. The minimum absolute atomic E-state index is 0.0122. The Morgan fingerprint density at radius 1 is 1.06 bits per heavy atom. The fourth-order valence-electron chi connectivity index (χ4n) is 3.26. The minimum Gasteiger partial charge on any atom is -0.354 e. The number of hydrogen-bond donors (Lipinski definition) is 1. The van der Waals surface area contributed by atoms with Crippen molar-refractivity contribution in [1.29, 1.82) is 0 Å². The third-order valence-corrected chi connectivity index (χ3v) is 7.14. The summed E-state index contributed by atoms with van der Waals surface area (Å²) in [6.45, 7) is 5.14. The van der Waals surface area contributed by atoms with Crippen molar-refractivity contribution in [2.24, 2.45) is 0 Å². The summed E-state index contributed by atoms with van der Waals surface area (Å²) in [5.74, 6) is -0.930. The molecule has 0 aliphatic carbocycles. The molecule has 1 unspecified atom stereocenters. The van der Waals surface area contributed by atoms with E-state index in [-0.39, 0.29) is 18.1 Å². The Balaban J connectivity index is 2.45. The molecule has 1 N–H and O–H groups in total. The molecular formula is C23H28Cl3N3O4S. The number of amides is 2. The molecule has 2 aromatic carbocycles. The number of benzene rings is 2. The van der Waals surface area contributed by atoms with Gasteiger partial charge in [0.1, 0.15) is 12.6 Å². The second-order valence-electron chi connectivity index (χ2n) is 7.92. The highest BCUT2D eigenvalue weighted by Crippen LogP contribution is 2.27. The van der Waals surface area contributed by atoms with Crippen LogP contribution in [0, 0.1) is 6.92 Å². The zero-order valence-corrected chi connectivity index (χ0v) is 22.5. The van der Waals surface area contributed by atoms with Crippen LogP contribution in [0.1, 0.15) is 31.4 Å². The van der Waals surface area contributed by atoms with Crippen molar-refractivity contribution in [1.82, 2.24) is 10.2 Å². The van der Waals surface area contributed by atoms with E-state index >= 15 is 0 Å². The third kappa shape index (κ3) is 7.50. The number of rotatable bonds is 10. The Morgan fingerprint density at radius 3 is 2.26 bits per heavy atom. The Hall–Kier alpha value is -2.00. The molecule has 0 aliphatic heterocycles. The standard InChI is InChI=1S/C23H28Cl3N3O4S/c1-5-10-27-23(31)16(3)28(13-17-7-9-18(24)11-20(17)26)22(30)14-29(34(4,32)33)21-12-19(25)8-6-15(21)2/h6-9,11-12,16H,5,10,13-14H2,1-4H3,(H,27,31). The van der Waals surface area contributed by atoms with E-state index in [4.69, 9.17) is 34.8 Å². The predicted octanol–water partition coefficient (Wildman–Crippen LogP) is 4.66. The average Bonchev–Trinajstić information content (AvgIpc) is 2.75. The van der Waals surface area contributed by atoms with E-state index in [1.165, 1.54) is 11.0 Å². The zero-order valence-electron chi connectivity index (χ0n) is 19.4. The fraction of sp³-hybridized carbons (Fsp3) is 0.391.